The second-order valence-corrected chi connectivity index (χ2v) is 6.99. The van der Waals surface area contributed by atoms with Crippen LogP contribution in [0.25, 0.3) is 11.0 Å². The molecule has 2 aliphatic rings. The maximum atomic E-state index is 11.7. The van der Waals surface area contributed by atoms with Crippen molar-refractivity contribution in [3.63, 3.8) is 0 Å². The van der Waals surface area contributed by atoms with Crippen LogP contribution in [-0.2, 0) is 11.3 Å². The number of carboxylic acids is 1. The van der Waals surface area contributed by atoms with Gasteiger partial charge in [-0.15, -0.1) is 0 Å². The summed E-state index contributed by atoms with van der Waals surface area (Å²) in [5.41, 5.74) is 0.817. The molecule has 1 aliphatic heterocycles. The molecule has 0 amide bonds. The molecule has 1 saturated heterocycles. The summed E-state index contributed by atoms with van der Waals surface area (Å²) in [5, 5.41) is 10.6. The molecular formula is C19H23NO4. The van der Waals surface area contributed by atoms with Crippen molar-refractivity contribution < 1.29 is 19.1 Å². The number of carbonyl (C=O) groups is 1. The molecule has 5 heteroatoms. The molecule has 1 aromatic heterocycles. The molecule has 5 nitrogen and oxygen atoms in total. The minimum atomic E-state index is -0.706. The van der Waals surface area contributed by atoms with Gasteiger partial charge in [0.2, 0.25) is 0 Å². The maximum absolute atomic E-state index is 11.7. The summed E-state index contributed by atoms with van der Waals surface area (Å²) in [5.74, 6) is 1.44. The maximum Gasteiger partial charge on any atom is 0.320 e. The molecule has 128 valence electrons. The first-order valence-electron chi connectivity index (χ1n) is 8.70. The van der Waals surface area contributed by atoms with Crippen molar-refractivity contribution in [2.24, 2.45) is 5.92 Å². The van der Waals surface area contributed by atoms with Crippen LogP contribution >= 0.6 is 0 Å². The molecule has 0 spiro atoms. The van der Waals surface area contributed by atoms with Crippen molar-refractivity contribution in [2.45, 2.75) is 50.7 Å². The van der Waals surface area contributed by atoms with Gasteiger partial charge in [-0.3, -0.25) is 9.69 Å². The Bertz CT molecular complexity index is 753. The van der Waals surface area contributed by atoms with Crippen molar-refractivity contribution in [3.05, 3.63) is 30.0 Å². The zero-order valence-electron chi connectivity index (χ0n) is 13.9. The highest BCUT2D eigenvalue weighted by atomic mass is 16.5. The molecule has 2 aromatic rings. The number of carboxylic acid groups (broad SMARTS) is 1. The molecule has 4 rings (SSSR count). The van der Waals surface area contributed by atoms with Gasteiger partial charge in [0.1, 0.15) is 23.1 Å². The molecule has 1 aromatic carbocycles. The lowest BCUT2D eigenvalue weighted by atomic mass is 9.85. The summed E-state index contributed by atoms with van der Waals surface area (Å²) in [6.07, 6.45) is 5.45. The van der Waals surface area contributed by atoms with Gasteiger partial charge in [0.15, 0.2) is 0 Å². The molecule has 3 atom stereocenters. The first kappa shape index (κ1) is 15.5. The Labute approximate surface area is 141 Å². The van der Waals surface area contributed by atoms with E-state index in [9.17, 15) is 9.90 Å². The quantitative estimate of drug-likeness (QED) is 0.927. The number of hydrogen-bond acceptors (Lipinski definition) is 4. The number of hydrogen-bond donors (Lipinski definition) is 1. The molecule has 0 radical (unpaired) electrons. The Morgan fingerprint density at radius 3 is 2.96 bits per heavy atom. The molecule has 3 unspecified atom stereocenters. The summed E-state index contributed by atoms with van der Waals surface area (Å²) < 4.78 is 11.2. The fourth-order valence-electron chi connectivity index (χ4n) is 4.48. The van der Waals surface area contributed by atoms with Crippen LogP contribution in [0.5, 0.6) is 5.75 Å². The van der Waals surface area contributed by atoms with Gasteiger partial charge in [0.05, 0.1) is 13.7 Å². The third kappa shape index (κ3) is 2.67. The van der Waals surface area contributed by atoms with Gasteiger partial charge in [-0.2, -0.15) is 0 Å². The Kier molecular flexibility index (Phi) is 3.96. The molecule has 24 heavy (non-hydrogen) atoms. The van der Waals surface area contributed by atoms with Crippen LogP contribution in [-0.4, -0.2) is 35.2 Å². The Balaban J connectivity index is 1.61. The smallest absolute Gasteiger partial charge is 0.320 e. The average molecular weight is 329 g/mol. The topological polar surface area (TPSA) is 62.9 Å². The lowest BCUT2D eigenvalue weighted by molar-refractivity contribution is -0.143. The largest absolute Gasteiger partial charge is 0.497 e. The highest BCUT2D eigenvalue weighted by Gasteiger charge is 2.45. The van der Waals surface area contributed by atoms with E-state index in [-0.39, 0.29) is 6.04 Å². The Hall–Kier alpha value is -2.01. The second kappa shape index (κ2) is 6.13. The van der Waals surface area contributed by atoms with Gasteiger partial charge in [0, 0.05) is 11.4 Å². The SMILES string of the molecule is COc1ccc2oc(CN3C(C(=O)O)CC4CCCCC43)cc2c1. The van der Waals surface area contributed by atoms with Gasteiger partial charge in [-0.25, -0.2) is 0 Å². The number of rotatable bonds is 4. The molecule has 2 fully saturated rings. The first-order valence-corrected chi connectivity index (χ1v) is 8.70. The minimum absolute atomic E-state index is 0.377. The number of methoxy groups -OCH3 is 1. The lowest BCUT2D eigenvalue weighted by Crippen LogP contribution is -2.41. The fourth-order valence-corrected chi connectivity index (χ4v) is 4.48. The van der Waals surface area contributed by atoms with Crippen LogP contribution in [0, 0.1) is 5.92 Å². The Morgan fingerprint density at radius 1 is 1.33 bits per heavy atom. The van der Waals surface area contributed by atoms with Crippen LogP contribution in [0.2, 0.25) is 0 Å². The normalized spacial score (nSPS) is 27.3. The predicted octanol–water partition coefficient (Wildman–Crippen LogP) is 3.66. The number of aliphatic carboxylic acids is 1. The number of furan rings is 1. The summed E-state index contributed by atoms with van der Waals surface area (Å²) in [6, 6.07) is 7.73. The van der Waals surface area contributed by atoms with E-state index in [4.69, 9.17) is 9.15 Å². The molecule has 0 bridgehead atoms. The number of ether oxygens (including phenoxy) is 1. The van der Waals surface area contributed by atoms with Crippen LogP contribution in [0.15, 0.2) is 28.7 Å². The van der Waals surface area contributed by atoms with Crippen LogP contribution in [0.1, 0.15) is 37.9 Å². The fraction of sp³-hybridized carbons (Fsp3) is 0.526. The zero-order chi connectivity index (χ0) is 16.7. The van der Waals surface area contributed by atoms with Gasteiger partial charge < -0.3 is 14.3 Å². The molecular weight excluding hydrogens is 306 g/mol. The summed E-state index contributed by atoms with van der Waals surface area (Å²) in [7, 11) is 1.65. The van der Waals surface area contributed by atoms with Crippen molar-refractivity contribution in [2.75, 3.05) is 7.11 Å². The van der Waals surface area contributed by atoms with Gasteiger partial charge in [-0.05, 0) is 49.4 Å². The number of nitrogens with zero attached hydrogens (tertiary/aromatic N) is 1. The van der Waals surface area contributed by atoms with E-state index < -0.39 is 5.97 Å². The summed E-state index contributed by atoms with van der Waals surface area (Å²) in [6.45, 7) is 0.565. The van der Waals surface area contributed by atoms with Gasteiger partial charge in [-0.1, -0.05) is 12.8 Å². The van der Waals surface area contributed by atoms with E-state index in [2.05, 4.69) is 4.90 Å². The Morgan fingerprint density at radius 2 is 2.17 bits per heavy atom. The van der Waals surface area contributed by atoms with E-state index in [0.29, 0.717) is 18.5 Å². The van der Waals surface area contributed by atoms with Crippen molar-refractivity contribution in [1.82, 2.24) is 4.90 Å². The summed E-state index contributed by atoms with van der Waals surface area (Å²) >= 11 is 0. The van der Waals surface area contributed by atoms with Crippen molar-refractivity contribution >= 4 is 16.9 Å². The molecule has 2 heterocycles. The van der Waals surface area contributed by atoms with Crippen molar-refractivity contribution in [3.8, 4) is 5.75 Å². The number of benzene rings is 1. The predicted molar refractivity (Wildman–Crippen MR) is 90.1 cm³/mol. The highest BCUT2D eigenvalue weighted by Crippen LogP contribution is 2.41. The molecule has 1 aliphatic carbocycles. The standard InChI is InChI=1S/C19H23NO4/c1-23-14-6-7-18-13(8-14)9-15(24-18)11-20-16-5-3-2-4-12(16)10-17(20)19(21)22/h6-9,12,16-17H,2-5,10-11H2,1H3,(H,21,22). The summed E-state index contributed by atoms with van der Waals surface area (Å²) in [4.78, 5) is 13.9. The van der Waals surface area contributed by atoms with Gasteiger partial charge in [0.25, 0.3) is 0 Å². The molecule has 1 saturated carbocycles. The lowest BCUT2D eigenvalue weighted by Gasteiger charge is -2.32. The number of fused-ring (bicyclic) bond motifs is 2. The van der Waals surface area contributed by atoms with E-state index >= 15 is 0 Å². The van der Waals surface area contributed by atoms with Gasteiger partial charge >= 0.3 is 5.97 Å². The average Bonchev–Trinajstić information content (AvgIpc) is 3.15. The van der Waals surface area contributed by atoms with E-state index in [0.717, 1.165) is 41.7 Å². The number of likely N-dealkylation sites (tertiary alicyclic amines) is 1. The molecule has 1 N–H and O–H groups in total. The van der Waals surface area contributed by atoms with Crippen LogP contribution in [0.4, 0.5) is 0 Å². The van der Waals surface area contributed by atoms with Crippen LogP contribution < -0.4 is 4.74 Å². The minimum Gasteiger partial charge on any atom is -0.497 e. The van der Waals surface area contributed by atoms with Crippen molar-refractivity contribution in [1.29, 1.82) is 0 Å². The third-order valence-electron chi connectivity index (χ3n) is 5.62. The van der Waals surface area contributed by atoms with E-state index in [1.165, 1.54) is 12.8 Å². The third-order valence-corrected chi connectivity index (χ3v) is 5.62. The first-order chi connectivity index (χ1) is 11.7. The van der Waals surface area contributed by atoms with E-state index in [1.807, 2.05) is 24.3 Å². The highest BCUT2D eigenvalue weighted by molar-refractivity contribution is 5.79. The second-order valence-electron chi connectivity index (χ2n) is 6.99. The van der Waals surface area contributed by atoms with Crippen LogP contribution in [0.3, 0.4) is 0 Å². The monoisotopic (exact) mass is 329 g/mol. The zero-order valence-corrected chi connectivity index (χ0v) is 13.9. The van der Waals surface area contributed by atoms with E-state index in [1.54, 1.807) is 7.11 Å².